The van der Waals surface area contributed by atoms with E-state index in [1.54, 1.807) is 12.1 Å². The van der Waals surface area contributed by atoms with Gasteiger partial charge >= 0.3 is 0 Å². The molecular weight excluding hydrogens is 186 g/mol. The van der Waals surface area contributed by atoms with Gasteiger partial charge in [0.2, 0.25) is 6.17 Å². The molecule has 1 aliphatic heterocycles. The Kier molecular flexibility index (Phi) is 1.98. The molecule has 7 heteroatoms. The number of rotatable bonds is 2. The van der Waals surface area contributed by atoms with Gasteiger partial charge in [0.1, 0.15) is 0 Å². The number of non-ortho nitro benzene ring substituents is 1. The lowest BCUT2D eigenvalue weighted by molar-refractivity contribution is -0.384. The Hall–Kier alpha value is -2.18. The van der Waals surface area contributed by atoms with E-state index in [1.165, 1.54) is 12.1 Å². The highest BCUT2D eigenvalue weighted by atomic mass is 16.6. The molecule has 0 saturated carbocycles. The van der Waals surface area contributed by atoms with Gasteiger partial charge in [0.15, 0.2) is 0 Å². The molecule has 1 aromatic carbocycles. The molecule has 0 amide bonds. The molecule has 0 aromatic heterocycles. The Balaban J connectivity index is 2.25. The van der Waals surface area contributed by atoms with Crippen LogP contribution < -0.4 is 0 Å². The lowest BCUT2D eigenvalue weighted by Gasteiger charge is -1.99. The molecule has 70 valence electrons. The molecule has 0 unspecified atom stereocenters. The van der Waals surface area contributed by atoms with E-state index in [1.807, 2.05) is 0 Å². The maximum atomic E-state index is 10.4. The van der Waals surface area contributed by atoms with E-state index in [0.29, 0.717) is 0 Å². The van der Waals surface area contributed by atoms with Crippen molar-refractivity contribution < 1.29 is 4.92 Å². The molecule has 1 aliphatic rings. The summed E-state index contributed by atoms with van der Waals surface area (Å²) in [6.45, 7) is 0. The van der Waals surface area contributed by atoms with E-state index in [0.717, 1.165) is 5.56 Å². The Morgan fingerprint density at radius 2 is 1.71 bits per heavy atom. The van der Waals surface area contributed by atoms with Crippen LogP contribution in [0.1, 0.15) is 11.7 Å². The van der Waals surface area contributed by atoms with Crippen LogP contribution in [0.25, 0.3) is 0 Å². The predicted octanol–water partition coefficient (Wildman–Crippen LogP) is 2.43. The first kappa shape index (κ1) is 8.42. The first-order valence-corrected chi connectivity index (χ1v) is 3.82. The highest BCUT2D eigenvalue weighted by Crippen LogP contribution is 2.25. The van der Waals surface area contributed by atoms with Crippen LogP contribution in [-0.4, -0.2) is 4.92 Å². The predicted molar refractivity (Wildman–Crippen MR) is 45.5 cm³/mol. The van der Waals surface area contributed by atoms with Gasteiger partial charge in [-0.2, -0.15) is 0 Å². The fourth-order valence-corrected chi connectivity index (χ4v) is 1.07. The van der Waals surface area contributed by atoms with E-state index in [4.69, 9.17) is 0 Å². The van der Waals surface area contributed by atoms with Crippen molar-refractivity contribution >= 4 is 5.69 Å². The van der Waals surface area contributed by atoms with E-state index >= 15 is 0 Å². The highest BCUT2D eigenvalue weighted by molar-refractivity contribution is 5.34. The summed E-state index contributed by atoms with van der Waals surface area (Å²) in [6, 6.07) is 5.98. The van der Waals surface area contributed by atoms with Gasteiger partial charge < -0.3 is 0 Å². The Morgan fingerprint density at radius 1 is 1.14 bits per heavy atom. The maximum Gasteiger partial charge on any atom is 0.269 e. The van der Waals surface area contributed by atoms with Crippen LogP contribution in [0.4, 0.5) is 5.69 Å². The van der Waals surface area contributed by atoms with Crippen molar-refractivity contribution in [1.29, 1.82) is 0 Å². The molecule has 0 spiro atoms. The van der Waals surface area contributed by atoms with Gasteiger partial charge in [-0.05, 0) is 22.6 Å². The molecule has 2 rings (SSSR count). The van der Waals surface area contributed by atoms with E-state index < -0.39 is 11.1 Å². The van der Waals surface area contributed by atoms with Crippen molar-refractivity contribution in [2.24, 2.45) is 20.7 Å². The van der Waals surface area contributed by atoms with E-state index in [-0.39, 0.29) is 5.69 Å². The van der Waals surface area contributed by atoms with Gasteiger partial charge in [-0.3, -0.25) is 10.1 Å². The molecule has 0 bridgehead atoms. The number of hydrogen-bond donors (Lipinski definition) is 0. The van der Waals surface area contributed by atoms with Crippen molar-refractivity contribution in [3.63, 3.8) is 0 Å². The topological polar surface area (TPSA) is 92.6 Å². The Morgan fingerprint density at radius 3 is 2.21 bits per heavy atom. The third-order valence-corrected chi connectivity index (χ3v) is 1.76. The standard InChI is InChI=1S/C7H5N5O2/c13-12(14)6-3-1-5(2-4-6)7-8-10-11-9-7/h1-4,7H. The van der Waals surface area contributed by atoms with Crippen LogP contribution >= 0.6 is 0 Å². The maximum absolute atomic E-state index is 10.4. The molecule has 0 N–H and O–H groups in total. The summed E-state index contributed by atoms with van der Waals surface area (Å²) in [7, 11) is 0. The molecule has 14 heavy (non-hydrogen) atoms. The van der Waals surface area contributed by atoms with Crippen LogP contribution in [0.5, 0.6) is 0 Å². The third kappa shape index (κ3) is 1.47. The smallest absolute Gasteiger partial charge is 0.258 e. The van der Waals surface area contributed by atoms with Crippen molar-refractivity contribution in [2.45, 2.75) is 6.17 Å². The molecular formula is C7H5N5O2. The number of benzene rings is 1. The van der Waals surface area contributed by atoms with Gasteiger partial charge in [-0.25, -0.2) is 0 Å². The van der Waals surface area contributed by atoms with Crippen molar-refractivity contribution in [2.75, 3.05) is 0 Å². The lowest BCUT2D eigenvalue weighted by atomic mass is 10.2. The summed E-state index contributed by atoms with van der Waals surface area (Å²) in [6.07, 6.45) is -0.448. The molecule has 7 nitrogen and oxygen atoms in total. The zero-order valence-corrected chi connectivity index (χ0v) is 6.94. The van der Waals surface area contributed by atoms with Gasteiger partial charge in [0, 0.05) is 17.7 Å². The van der Waals surface area contributed by atoms with Crippen molar-refractivity contribution in [1.82, 2.24) is 0 Å². The van der Waals surface area contributed by atoms with Crippen LogP contribution in [0, 0.1) is 10.1 Å². The number of nitro groups is 1. The van der Waals surface area contributed by atoms with Crippen LogP contribution in [0.3, 0.4) is 0 Å². The summed E-state index contributed by atoms with van der Waals surface area (Å²) in [4.78, 5) is 9.90. The van der Waals surface area contributed by atoms with E-state index in [9.17, 15) is 10.1 Å². The zero-order chi connectivity index (χ0) is 9.97. The second-order valence-corrected chi connectivity index (χ2v) is 2.63. The normalized spacial score (nSPS) is 14.9. The monoisotopic (exact) mass is 191 g/mol. The van der Waals surface area contributed by atoms with Crippen LogP contribution in [0.15, 0.2) is 44.9 Å². The number of nitro benzene ring substituents is 1. The van der Waals surface area contributed by atoms with Crippen molar-refractivity contribution in [3.8, 4) is 0 Å². The molecule has 0 aliphatic carbocycles. The minimum absolute atomic E-state index is 0.0422. The second-order valence-electron chi connectivity index (χ2n) is 2.63. The Bertz CT molecular complexity index is 399. The van der Waals surface area contributed by atoms with Gasteiger partial charge in [-0.1, -0.05) is 0 Å². The highest BCUT2D eigenvalue weighted by Gasteiger charge is 2.13. The second kappa shape index (κ2) is 3.29. The fourth-order valence-electron chi connectivity index (χ4n) is 1.07. The fraction of sp³-hybridized carbons (Fsp3) is 0.143. The molecule has 0 atom stereocenters. The minimum atomic E-state index is -0.457. The minimum Gasteiger partial charge on any atom is -0.258 e. The summed E-state index contributed by atoms with van der Waals surface area (Å²) in [5.74, 6) is 0. The van der Waals surface area contributed by atoms with Gasteiger partial charge in [-0.15, -0.1) is 10.2 Å². The molecule has 0 saturated heterocycles. The average molecular weight is 191 g/mol. The largest absolute Gasteiger partial charge is 0.269 e. The Labute approximate surface area is 78.3 Å². The third-order valence-electron chi connectivity index (χ3n) is 1.76. The van der Waals surface area contributed by atoms with Gasteiger partial charge in [0.25, 0.3) is 5.69 Å². The SMILES string of the molecule is O=[N+]([O-])c1ccc(C2N=NN=N2)cc1. The van der Waals surface area contributed by atoms with Gasteiger partial charge in [0.05, 0.1) is 4.92 Å². The zero-order valence-electron chi connectivity index (χ0n) is 6.94. The summed E-state index contributed by atoms with van der Waals surface area (Å²) >= 11 is 0. The summed E-state index contributed by atoms with van der Waals surface area (Å²) < 4.78 is 0. The molecule has 1 heterocycles. The van der Waals surface area contributed by atoms with Crippen molar-refractivity contribution in [3.05, 3.63) is 39.9 Å². The lowest BCUT2D eigenvalue weighted by Crippen LogP contribution is -1.91. The van der Waals surface area contributed by atoms with E-state index in [2.05, 4.69) is 20.7 Å². The number of hydrogen-bond acceptors (Lipinski definition) is 6. The first-order valence-electron chi connectivity index (χ1n) is 3.82. The summed E-state index contributed by atoms with van der Waals surface area (Å²) in [5, 5.41) is 24.5. The van der Waals surface area contributed by atoms with Crippen LogP contribution in [-0.2, 0) is 0 Å². The molecule has 0 fully saturated rings. The number of nitrogens with zero attached hydrogens (tertiary/aromatic N) is 5. The first-order chi connectivity index (χ1) is 6.77. The molecule has 0 radical (unpaired) electrons. The summed E-state index contributed by atoms with van der Waals surface area (Å²) in [5.41, 5.74) is 0.779. The average Bonchev–Trinajstić information content (AvgIpc) is 2.71. The molecule has 1 aromatic rings. The van der Waals surface area contributed by atoms with Crippen LogP contribution in [0.2, 0.25) is 0 Å². The quantitative estimate of drug-likeness (QED) is 0.530.